The average Bonchev–Trinajstić information content (AvgIpc) is 2.15. The molecule has 72 valence electrons. The molecular weight excluding hydrogens is 186 g/mol. The summed E-state index contributed by atoms with van der Waals surface area (Å²) in [6.07, 6.45) is 0. The van der Waals surface area contributed by atoms with Gasteiger partial charge < -0.3 is 10.0 Å². The van der Waals surface area contributed by atoms with Crippen LogP contribution in [0.5, 0.6) is 0 Å². The maximum Gasteiger partial charge on any atom is 0.0683 e. The summed E-state index contributed by atoms with van der Waals surface area (Å²) in [6.45, 7) is 3.02. The number of aliphatic hydroxyl groups excluding tert-OH is 1. The van der Waals surface area contributed by atoms with E-state index in [1.54, 1.807) is 6.07 Å². The van der Waals surface area contributed by atoms with Gasteiger partial charge in [0.25, 0.3) is 0 Å². The molecule has 0 aliphatic rings. The molecule has 0 unspecified atom stereocenters. The summed E-state index contributed by atoms with van der Waals surface area (Å²) in [5.74, 6) is 0. The summed E-state index contributed by atoms with van der Waals surface area (Å²) in [4.78, 5) is 2.07. The largest absolute Gasteiger partial charge is 0.392 e. The van der Waals surface area contributed by atoms with Gasteiger partial charge in [-0.05, 0) is 30.7 Å². The Kier molecular flexibility index (Phi) is 3.58. The molecule has 0 atom stereocenters. The van der Waals surface area contributed by atoms with Crippen molar-refractivity contribution in [2.45, 2.75) is 13.5 Å². The summed E-state index contributed by atoms with van der Waals surface area (Å²) >= 11 is 5.89. The number of nitrogens with zero attached hydrogens (tertiary/aromatic N) is 1. The standard InChI is InChI=1S/C10H14ClNO/c1-3-12(2)10-5-8(7-13)4-9(11)6-10/h4-6,13H,3,7H2,1-2H3. The van der Waals surface area contributed by atoms with Crippen LogP contribution in [0.2, 0.25) is 5.02 Å². The minimum absolute atomic E-state index is 0.0329. The highest BCUT2D eigenvalue weighted by Crippen LogP contribution is 2.21. The number of benzene rings is 1. The van der Waals surface area contributed by atoms with E-state index in [0.29, 0.717) is 5.02 Å². The van der Waals surface area contributed by atoms with E-state index in [1.165, 1.54) is 0 Å². The molecule has 1 N–H and O–H groups in total. The van der Waals surface area contributed by atoms with Gasteiger partial charge in [0.15, 0.2) is 0 Å². The second-order valence-electron chi connectivity index (χ2n) is 2.99. The van der Waals surface area contributed by atoms with Gasteiger partial charge in [-0.2, -0.15) is 0 Å². The highest BCUT2D eigenvalue weighted by atomic mass is 35.5. The minimum Gasteiger partial charge on any atom is -0.392 e. The molecule has 3 heteroatoms. The van der Waals surface area contributed by atoms with Gasteiger partial charge in [0, 0.05) is 24.3 Å². The van der Waals surface area contributed by atoms with Gasteiger partial charge in [0.1, 0.15) is 0 Å². The predicted octanol–water partition coefficient (Wildman–Crippen LogP) is 2.29. The van der Waals surface area contributed by atoms with E-state index in [2.05, 4.69) is 11.8 Å². The van der Waals surface area contributed by atoms with Crippen LogP contribution in [0.25, 0.3) is 0 Å². The van der Waals surface area contributed by atoms with Crippen molar-refractivity contribution >= 4 is 17.3 Å². The summed E-state index contributed by atoms with van der Waals surface area (Å²) in [7, 11) is 1.99. The number of aliphatic hydroxyl groups is 1. The monoisotopic (exact) mass is 199 g/mol. The number of rotatable bonds is 3. The van der Waals surface area contributed by atoms with Crippen LogP contribution in [-0.2, 0) is 6.61 Å². The maximum absolute atomic E-state index is 8.96. The fourth-order valence-electron chi connectivity index (χ4n) is 1.13. The van der Waals surface area contributed by atoms with Gasteiger partial charge >= 0.3 is 0 Å². The Hall–Kier alpha value is -0.730. The maximum atomic E-state index is 8.96. The number of hydrogen-bond acceptors (Lipinski definition) is 2. The molecule has 0 aliphatic heterocycles. The first-order valence-corrected chi connectivity index (χ1v) is 4.66. The van der Waals surface area contributed by atoms with Crippen molar-refractivity contribution in [2.24, 2.45) is 0 Å². The topological polar surface area (TPSA) is 23.5 Å². The number of halogens is 1. The molecule has 0 spiro atoms. The van der Waals surface area contributed by atoms with E-state index in [-0.39, 0.29) is 6.61 Å². The Morgan fingerprint density at radius 1 is 1.38 bits per heavy atom. The molecule has 1 rings (SSSR count). The van der Waals surface area contributed by atoms with E-state index in [1.807, 2.05) is 19.2 Å². The summed E-state index contributed by atoms with van der Waals surface area (Å²) in [5.41, 5.74) is 1.89. The third-order valence-corrected chi connectivity index (χ3v) is 2.26. The van der Waals surface area contributed by atoms with Crippen LogP contribution < -0.4 is 4.90 Å². The van der Waals surface area contributed by atoms with Crippen molar-refractivity contribution in [3.05, 3.63) is 28.8 Å². The zero-order valence-electron chi connectivity index (χ0n) is 7.92. The molecule has 0 aliphatic carbocycles. The SMILES string of the molecule is CCN(C)c1cc(Cl)cc(CO)c1. The smallest absolute Gasteiger partial charge is 0.0683 e. The van der Waals surface area contributed by atoms with Crippen molar-refractivity contribution in [1.29, 1.82) is 0 Å². The van der Waals surface area contributed by atoms with E-state index in [4.69, 9.17) is 16.7 Å². The first kappa shape index (κ1) is 10.4. The minimum atomic E-state index is 0.0329. The van der Waals surface area contributed by atoms with Crippen LogP contribution in [-0.4, -0.2) is 18.7 Å². The van der Waals surface area contributed by atoms with E-state index in [9.17, 15) is 0 Å². The van der Waals surface area contributed by atoms with Gasteiger partial charge in [0.05, 0.1) is 6.61 Å². The van der Waals surface area contributed by atoms with Crippen LogP contribution >= 0.6 is 11.6 Å². The molecule has 0 saturated carbocycles. The molecule has 0 saturated heterocycles. The van der Waals surface area contributed by atoms with Crippen molar-refractivity contribution in [2.75, 3.05) is 18.5 Å². The van der Waals surface area contributed by atoms with Crippen LogP contribution in [0, 0.1) is 0 Å². The first-order chi connectivity index (χ1) is 6.17. The molecule has 0 bridgehead atoms. The second-order valence-corrected chi connectivity index (χ2v) is 3.43. The van der Waals surface area contributed by atoms with Gasteiger partial charge in [0.2, 0.25) is 0 Å². The van der Waals surface area contributed by atoms with Crippen LogP contribution in [0.15, 0.2) is 18.2 Å². The van der Waals surface area contributed by atoms with Gasteiger partial charge in [-0.3, -0.25) is 0 Å². The van der Waals surface area contributed by atoms with E-state index < -0.39 is 0 Å². The molecule has 1 aromatic carbocycles. The van der Waals surface area contributed by atoms with Crippen LogP contribution in [0.3, 0.4) is 0 Å². The Morgan fingerprint density at radius 2 is 2.08 bits per heavy atom. The lowest BCUT2D eigenvalue weighted by Gasteiger charge is -2.17. The zero-order chi connectivity index (χ0) is 9.84. The van der Waals surface area contributed by atoms with Gasteiger partial charge in [-0.25, -0.2) is 0 Å². The third kappa shape index (κ3) is 2.61. The van der Waals surface area contributed by atoms with Gasteiger partial charge in [-0.1, -0.05) is 11.6 Å². The Morgan fingerprint density at radius 3 is 2.62 bits per heavy atom. The molecule has 1 aromatic rings. The molecule has 0 fully saturated rings. The summed E-state index contributed by atoms with van der Waals surface area (Å²) in [6, 6.07) is 5.61. The highest BCUT2D eigenvalue weighted by Gasteiger charge is 2.01. The van der Waals surface area contributed by atoms with Crippen molar-refractivity contribution < 1.29 is 5.11 Å². The zero-order valence-corrected chi connectivity index (χ0v) is 8.67. The highest BCUT2D eigenvalue weighted by molar-refractivity contribution is 6.30. The van der Waals surface area contributed by atoms with Crippen molar-refractivity contribution in [3.63, 3.8) is 0 Å². The van der Waals surface area contributed by atoms with Crippen LogP contribution in [0.1, 0.15) is 12.5 Å². The third-order valence-electron chi connectivity index (χ3n) is 2.04. The Balaban J connectivity index is 3.01. The molecule has 2 nitrogen and oxygen atoms in total. The van der Waals surface area contributed by atoms with E-state index in [0.717, 1.165) is 17.8 Å². The number of hydrogen-bond donors (Lipinski definition) is 1. The fourth-order valence-corrected chi connectivity index (χ4v) is 1.38. The first-order valence-electron chi connectivity index (χ1n) is 4.28. The molecule has 0 aromatic heterocycles. The number of anilines is 1. The fraction of sp³-hybridized carbons (Fsp3) is 0.400. The molecule has 0 heterocycles. The van der Waals surface area contributed by atoms with Gasteiger partial charge in [-0.15, -0.1) is 0 Å². The normalized spacial score (nSPS) is 10.2. The van der Waals surface area contributed by atoms with E-state index >= 15 is 0 Å². The lowest BCUT2D eigenvalue weighted by Crippen LogP contribution is -2.15. The Labute approximate surface area is 83.7 Å². The summed E-state index contributed by atoms with van der Waals surface area (Å²) in [5, 5.41) is 9.63. The lowest BCUT2D eigenvalue weighted by molar-refractivity contribution is 0.282. The molecule has 13 heavy (non-hydrogen) atoms. The average molecular weight is 200 g/mol. The molecular formula is C10H14ClNO. The van der Waals surface area contributed by atoms with Crippen molar-refractivity contribution in [3.8, 4) is 0 Å². The quantitative estimate of drug-likeness (QED) is 0.808. The summed E-state index contributed by atoms with van der Waals surface area (Å²) < 4.78 is 0. The molecule has 0 radical (unpaired) electrons. The lowest BCUT2D eigenvalue weighted by atomic mass is 10.2. The molecule has 0 amide bonds. The van der Waals surface area contributed by atoms with Crippen LogP contribution in [0.4, 0.5) is 5.69 Å². The predicted molar refractivity (Wildman–Crippen MR) is 56.3 cm³/mol. The van der Waals surface area contributed by atoms with Crippen molar-refractivity contribution in [1.82, 2.24) is 0 Å². The second kappa shape index (κ2) is 4.49. The Bertz CT molecular complexity index is 288.